The molecule has 0 saturated heterocycles. The van der Waals surface area contributed by atoms with Crippen LogP contribution in [-0.2, 0) is 0 Å². The highest BCUT2D eigenvalue weighted by atomic mass is 35.5. The lowest BCUT2D eigenvalue weighted by Gasteiger charge is -2.31. The SMILES string of the molecule is Cl.N[C@H](c1c(O)cc(F)cc1F)C1CCC1. The summed E-state index contributed by atoms with van der Waals surface area (Å²) >= 11 is 0. The lowest BCUT2D eigenvalue weighted by Crippen LogP contribution is -2.27. The average Bonchev–Trinajstić information content (AvgIpc) is 1.97. The van der Waals surface area contributed by atoms with Crippen LogP contribution in [-0.4, -0.2) is 5.11 Å². The summed E-state index contributed by atoms with van der Waals surface area (Å²) in [5.41, 5.74) is 5.87. The molecule has 3 N–H and O–H groups in total. The van der Waals surface area contributed by atoms with Gasteiger partial charge in [0.05, 0.1) is 0 Å². The zero-order valence-electron chi connectivity index (χ0n) is 8.62. The first-order valence-corrected chi connectivity index (χ1v) is 5.03. The third kappa shape index (κ3) is 2.28. The molecule has 90 valence electrons. The van der Waals surface area contributed by atoms with Crippen molar-refractivity contribution in [3.8, 4) is 5.75 Å². The van der Waals surface area contributed by atoms with Gasteiger partial charge in [0.1, 0.15) is 17.4 Å². The predicted molar refractivity (Wildman–Crippen MR) is 59.5 cm³/mol. The molecule has 1 aromatic rings. The summed E-state index contributed by atoms with van der Waals surface area (Å²) in [6.45, 7) is 0. The number of phenolic OH excluding ortho intramolecular Hbond substituents is 1. The molecule has 0 unspecified atom stereocenters. The van der Waals surface area contributed by atoms with Gasteiger partial charge in [-0.15, -0.1) is 12.4 Å². The van der Waals surface area contributed by atoms with E-state index >= 15 is 0 Å². The fourth-order valence-corrected chi connectivity index (χ4v) is 1.94. The number of hydrogen-bond acceptors (Lipinski definition) is 2. The van der Waals surface area contributed by atoms with Gasteiger partial charge in [-0.2, -0.15) is 0 Å². The molecule has 0 bridgehead atoms. The van der Waals surface area contributed by atoms with Crippen LogP contribution in [0.25, 0.3) is 0 Å². The van der Waals surface area contributed by atoms with Gasteiger partial charge in [0.15, 0.2) is 0 Å². The summed E-state index contributed by atoms with van der Waals surface area (Å²) in [5, 5.41) is 9.45. The number of hydrogen-bond donors (Lipinski definition) is 2. The van der Waals surface area contributed by atoms with Crippen molar-refractivity contribution >= 4 is 12.4 Å². The van der Waals surface area contributed by atoms with E-state index in [0.29, 0.717) is 0 Å². The second kappa shape index (κ2) is 4.97. The maximum absolute atomic E-state index is 13.4. The van der Waals surface area contributed by atoms with E-state index in [0.717, 1.165) is 31.4 Å². The summed E-state index contributed by atoms with van der Waals surface area (Å²) in [7, 11) is 0. The van der Waals surface area contributed by atoms with Crippen molar-refractivity contribution in [3.05, 3.63) is 29.3 Å². The number of nitrogens with two attached hydrogens (primary N) is 1. The van der Waals surface area contributed by atoms with Crippen LogP contribution in [0.15, 0.2) is 12.1 Å². The van der Waals surface area contributed by atoms with Gasteiger partial charge < -0.3 is 10.8 Å². The van der Waals surface area contributed by atoms with Crippen molar-refractivity contribution in [1.29, 1.82) is 0 Å². The molecule has 16 heavy (non-hydrogen) atoms. The largest absolute Gasteiger partial charge is 0.507 e. The van der Waals surface area contributed by atoms with Crippen LogP contribution in [0.4, 0.5) is 8.78 Å². The standard InChI is InChI=1S/C11H13F2NO.ClH/c12-7-4-8(13)10(9(15)5-7)11(14)6-2-1-3-6;/h4-6,11,15H,1-3,14H2;1H/t11-;/m0./s1. The Hall–Kier alpha value is -0.870. The third-order valence-electron chi connectivity index (χ3n) is 3.06. The van der Waals surface area contributed by atoms with Gasteiger partial charge in [-0.05, 0) is 18.8 Å². The summed E-state index contributed by atoms with van der Waals surface area (Å²) in [6, 6.07) is 1.13. The highest BCUT2D eigenvalue weighted by Crippen LogP contribution is 2.40. The Morgan fingerprint density at radius 3 is 2.38 bits per heavy atom. The number of benzene rings is 1. The fraction of sp³-hybridized carbons (Fsp3) is 0.455. The van der Waals surface area contributed by atoms with E-state index in [-0.39, 0.29) is 29.6 Å². The van der Waals surface area contributed by atoms with Gasteiger partial charge >= 0.3 is 0 Å². The molecule has 1 saturated carbocycles. The van der Waals surface area contributed by atoms with Crippen LogP contribution < -0.4 is 5.73 Å². The van der Waals surface area contributed by atoms with E-state index in [1.807, 2.05) is 0 Å². The fourth-order valence-electron chi connectivity index (χ4n) is 1.94. The topological polar surface area (TPSA) is 46.2 Å². The molecule has 1 fully saturated rings. The molecule has 2 nitrogen and oxygen atoms in total. The van der Waals surface area contributed by atoms with Crippen LogP contribution in [0.5, 0.6) is 5.75 Å². The molecule has 0 spiro atoms. The molecule has 1 aliphatic rings. The van der Waals surface area contributed by atoms with E-state index in [4.69, 9.17) is 5.73 Å². The predicted octanol–water partition coefficient (Wildman–Crippen LogP) is 2.89. The second-order valence-corrected chi connectivity index (χ2v) is 4.04. The number of aromatic hydroxyl groups is 1. The minimum Gasteiger partial charge on any atom is -0.507 e. The quantitative estimate of drug-likeness (QED) is 0.847. The molecule has 0 aromatic heterocycles. The molecule has 1 aromatic carbocycles. The van der Waals surface area contributed by atoms with E-state index in [9.17, 15) is 13.9 Å². The Morgan fingerprint density at radius 2 is 1.94 bits per heavy atom. The third-order valence-corrected chi connectivity index (χ3v) is 3.06. The van der Waals surface area contributed by atoms with Gasteiger partial charge in [0, 0.05) is 23.7 Å². The van der Waals surface area contributed by atoms with Crippen molar-refractivity contribution < 1.29 is 13.9 Å². The van der Waals surface area contributed by atoms with Crippen LogP contribution in [0, 0.1) is 17.6 Å². The molecule has 1 aliphatic carbocycles. The first-order valence-electron chi connectivity index (χ1n) is 5.03. The van der Waals surface area contributed by atoms with E-state index < -0.39 is 17.7 Å². The Kier molecular flexibility index (Phi) is 4.10. The maximum Gasteiger partial charge on any atom is 0.134 e. The number of phenols is 1. The van der Waals surface area contributed by atoms with Crippen LogP contribution in [0.2, 0.25) is 0 Å². The van der Waals surface area contributed by atoms with Gasteiger partial charge in [-0.3, -0.25) is 0 Å². The minimum atomic E-state index is -0.783. The minimum absolute atomic E-state index is 0. The van der Waals surface area contributed by atoms with Crippen molar-refractivity contribution in [2.24, 2.45) is 11.7 Å². The maximum atomic E-state index is 13.4. The summed E-state index contributed by atoms with van der Waals surface area (Å²) in [4.78, 5) is 0. The first-order chi connectivity index (χ1) is 7.09. The smallest absolute Gasteiger partial charge is 0.134 e. The van der Waals surface area contributed by atoms with Crippen LogP contribution in [0.1, 0.15) is 30.9 Å². The normalized spacial score (nSPS) is 17.4. The van der Waals surface area contributed by atoms with E-state index in [1.54, 1.807) is 0 Å². The Bertz CT molecular complexity index is 359. The lowest BCUT2D eigenvalue weighted by molar-refractivity contribution is 0.255. The molecule has 1 atom stereocenters. The Morgan fingerprint density at radius 1 is 1.31 bits per heavy atom. The van der Waals surface area contributed by atoms with Gasteiger partial charge in [0.25, 0.3) is 0 Å². The molecule has 0 amide bonds. The Balaban J connectivity index is 0.00000128. The molecule has 0 heterocycles. The zero-order chi connectivity index (χ0) is 11.0. The Labute approximate surface area is 98.9 Å². The van der Waals surface area contributed by atoms with Crippen LogP contribution >= 0.6 is 12.4 Å². The van der Waals surface area contributed by atoms with Crippen molar-refractivity contribution in [2.45, 2.75) is 25.3 Å². The van der Waals surface area contributed by atoms with E-state index in [2.05, 4.69) is 0 Å². The van der Waals surface area contributed by atoms with Gasteiger partial charge in [-0.25, -0.2) is 8.78 Å². The molecule has 2 rings (SSSR count). The monoisotopic (exact) mass is 249 g/mol. The molecule has 0 aliphatic heterocycles. The first kappa shape index (κ1) is 13.2. The summed E-state index contributed by atoms with van der Waals surface area (Å²) in [6.07, 6.45) is 2.97. The van der Waals surface area contributed by atoms with Crippen molar-refractivity contribution in [2.75, 3.05) is 0 Å². The number of rotatable bonds is 2. The average molecular weight is 250 g/mol. The lowest BCUT2D eigenvalue weighted by atomic mass is 9.77. The molecule has 0 radical (unpaired) electrons. The molecular formula is C11H14ClF2NO. The van der Waals surface area contributed by atoms with Gasteiger partial charge in [-0.1, -0.05) is 6.42 Å². The molecule has 5 heteroatoms. The van der Waals surface area contributed by atoms with Crippen LogP contribution in [0.3, 0.4) is 0 Å². The van der Waals surface area contributed by atoms with Gasteiger partial charge in [0.2, 0.25) is 0 Å². The van der Waals surface area contributed by atoms with E-state index in [1.165, 1.54) is 0 Å². The zero-order valence-corrected chi connectivity index (χ0v) is 9.44. The summed E-state index contributed by atoms with van der Waals surface area (Å²) < 4.78 is 26.1. The highest BCUT2D eigenvalue weighted by Gasteiger charge is 2.29. The van der Waals surface area contributed by atoms with Crippen molar-refractivity contribution in [1.82, 2.24) is 0 Å². The highest BCUT2D eigenvalue weighted by molar-refractivity contribution is 5.85. The molecular weight excluding hydrogens is 236 g/mol. The summed E-state index contributed by atoms with van der Waals surface area (Å²) in [5.74, 6) is -1.72. The number of halogens is 3. The van der Waals surface area contributed by atoms with Crippen molar-refractivity contribution in [3.63, 3.8) is 0 Å². The second-order valence-electron chi connectivity index (χ2n) is 4.04.